The maximum absolute atomic E-state index is 12.7. The average Bonchev–Trinajstić information content (AvgIpc) is 3.36. The Morgan fingerprint density at radius 3 is 2.65 bits per heavy atom. The molecule has 2 aromatic rings. The normalized spacial score (nSPS) is 16.2. The molecule has 1 aliphatic carbocycles. The second-order valence-corrected chi connectivity index (χ2v) is 9.26. The van der Waals surface area contributed by atoms with Gasteiger partial charge < -0.3 is 19.7 Å². The number of aliphatic hydroxyl groups is 1. The molecule has 1 aromatic heterocycles. The van der Waals surface area contributed by atoms with Crippen LogP contribution in [0.15, 0.2) is 39.7 Å². The third kappa shape index (κ3) is 4.14. The topological polar surface area (TPSA) is 83.4 Å². The molecule has 6 nitrogen and oxygen atoms in total. The molecule has 0 spiro atoms. The average molecular weight is 461 g/mol. The van der Waals surface area contributed by atoms with Gasteiger partial charge in [-0.3, -0.25) is 4.79 Å². The molecule has 0 aliphatic heterocycles. The van der Waals surface area contributed by atoms with Gasteiger partial charge in [-0.05, 0) is 37.5 Å². The van der Waals surface area contributed by atoms with Gasteiger partial charge in [0, 0.05) is 30.4 Å². The maximum Gasteiger partial charge on any atom is 0.252 e. The van der Waals surface area contributed by atoms with Gasteiger partial charge in [-0.25, -0.2) is 4.21 Å². The first-order valence-corrected chi connectivity index (χ1v) is 10.4. The minimum Gasteiger partial charge on any atom is -0.396 e. The zero-order valence-corrected chi connectivity index (χ0v) is 17.2. The van der Waals surface area contributed by atoms with E-state index in [2.05, 4.69) is 26.0 Å². The largest absolute Gasteiger partial charge is 0.396 e. The van der Waals surface area contributed by atoms with Crippen molar-refractivity contribution >= 4 is 55.6 Å². The number of aromatic nitrogens is 1. The highest BCUT2D eigenvalue weighted by atomic mass is 79.9. The van der Waals surface area contributed by atoms with E-state index in [-0.39, 0.29) is 12.2 Å². The Balaban J connectivity index is 1.91. The molecule has 1 aromatic carbocycles. The van der Waals surface area contributed by atoms with Crippen LogP contribution in [0, 0.1) is 0 Å². The molecule has 26 heavy (non-hydrogen) atoms. The minimum atomic E-state index is -1.37. The highest BCUT2D eigenvalue weighted by Crippen LogP contribution is 2.45. The predicted octanol–water partition coefficient (Wildman–Crippen LogP) is 3.54. The van der Waals surface area contributed by atoms with E-state index in [1.807, 2.05) is 6.07 Å². The fourth-order valence-electron chi connectivity index (χ4n) is 2.63. The minimum absolute atomic E-state index is 0.000301. The molecule has 1 heterocycles. The molecular weight excluding hydrogens is 442 g/mol. The van der Waals surface area contributed by atoms with E-state index >= 15 is 0 Å². The van der Waals surface area contributed by atoms with E-state index in [1.165, 1.54) is 10.6 Å². The van der Waals surface area contributed by atoms with Gasteiger partial charge in [-0.15, -0.1) is 0 Å². The number of hydrogen-bond acceptors (Lipinski definition) is 4. The van der Waals surface area contributed by atoms with E-state index in [9.17, 15) is 14.1 Å². The van der Waals surface area contributed by atoms with Gasteiger partial charge in [-0.2, -0.15) is 0 Å². The Hall–Kier alpha value is -1.35. The zero-order valence-electron chi connectivity index (χ0n) is 14.1. The SMILES string of the molecule is Cn1cc(NS(=O)C2(CCO)CC2)c(Nc2ccc(Br)cc2Cl)cc1=O. The Morgan fingerprint density at radius 2 is 2.04 bits per heavy atom. The van der Waals surface area contributed by atoms with Crippen LogP contribution in [0.3, 0.4) is 0 Å². The van der Waals surface area contributed by atoms with Crippen LogP contribution in [0.5, 0.6) is 0 Å². The van der Waals surface area contributed by atoms with E-state index in [0.29, 0.717) is 28.5 Å². The first kappa shape index (κ1) is 19.4. The summed E-state index contributed by atoms with van der Waals surface area (Å²) in [5.74, 6) is 0. The lowest BCUT2D eigenvalue weighted by atomic mass is 10.3. The summed E-state index contributed by atoms with van der Waals surface area (Å²) in [6, 6.07) is 6.81. The second kappa shape index (κ2) is 7.72. The van der Waals surface area contributed by atoms with Crippen molar-refractivity contribution in [1.82, 2.24) is 4.57 Å². The number of nitrogens with zero attached hydrogens (tertiary/aromatic N) is 1. The molecule has 0 amide bonds. The molecule has 1 fully saturated rings. The van der Waals surface area contributed by atoms with Crippen molar-refractivity contribution in [3.63, 3.8) is 0 Å². The Labute approximate surface area is 167 Å². The van der Waals surface area contributed by atoms with Gasteiger partial charge in [0.2, 0.25) is 0 Å². The molecule has 0 bridgehead atoms. The lowest BCUT2D eigenvalue weighted by Gasteiger charge is -2.19. The van der Waals surface area contributed by atoms with Crippen molar-refractivity contribution in [2.24, 2.45) is 7.05 Å². The van der Waals surface area contributed by atoms with E-state index in [0.717, 1.165) is 17.3 Å². The van der Waals surface area contributed by atoms with E-state index < -0.39 is 15.7 Å². The number of aryl methyl sites for hydroxylation is 1. The van der Waals surface area contributed by atoms with Crippen LogP contribution < -0.4 is 15.6 Å². The van der Waals surface area contributed by atoms with Crippen molar-refractivity contribution in [3.05, 3.63) is 50.3 Å². The summed E-state index contributed by atoms with van der Waals surface area (Å²) in [6.45, 7) is 0.000301. The number of anilines is 3. The predicted molar refractivity (Wildman–Crippen MR) is 110 cm³/mol. The third-order valence-electron chi connectivity index (χ3n) is 4.40. The summed E-state index contributed by atoms with van der Waals surface area (Å²) in [4.78, 5) is 12.1. The smallest absolute Gasteiger partial charge is 0.252 e. The molecule has 1 saturated carbocycles. The molecule has 3 N–H and O–H groups in total. The van der Waals surface area contributed by atoms with Crippen molar-refractivity contribution in [2.45, 2.75) is 24.0 Å². The summed E-state index contributed by atoms with van der Waals surface area (Å²) in [7, 11) is 0.264. The molecule has 1 atom stereocenters. The van der Waals surface area contributed by atoms with Crippen molar-refractivity contribution in [2.75, 3.05) is 16.6 Å². The molecule has 0 radical (unpaired) electrons. The van der Waals surface area contributed by atoms with Crippen molar-refractivity contribution < 1.29 is 9.32 Å². The number of halogens is 2. The van der Waals surface area contributed by atoms with Gasteiger partial charge >= 0.3 is 0 Å². The van der Waals surface area contributed by atoms with Crippen LogP contribution in [0.25, 0.3) is 0 Å². The van der Waals surface area contributed by atoms with Crippen molar-refractivity contribution in [3.8, 4) is 0 Å². The van der Waals surface area contributed by atoms with Gasteiger partial charge in [0.05, 0.1) is 26.8 Å². The number of hydrogen-bond donors (Lipinski definition) is 3. The van der Waals surface area contributed by atoms with Crippen LogP contribution in [0.1, 0.15) is 19.3 Å². The highest BCUT2D eigenvalue weighted by Gasteiger charge is 2.48. The van der Waals surface area contributed by atoms with Gasteiger partial charge in [0.15, 0.2) is 0 Å². The number of aliphatic hydroxyl groups excluding tert-OH is 1. The van der Waals surface area contributed by atoms with Gasteiger partial charge in [0.1, 0.15) is 11.0 Å². The number of benzene rings is 1. The van der Waals surface area contributed by atoms with Crippen LogP contribution in [-0.4, -0.2) is 25.2 Å². The van der Waals surface area contributed by atoms with Crippen LogP contribution in [0.4, 0.5) is 17.1 Å². The molecule has 0 saturated heterocycles. The quantitative estimate of drug-likeness (QED) is 0.590. The first-order valence-electron chi connectivity index (χ1n) is 8.07. The third-order valence-corrected chi connectivity index (χ3v) is 7.01. The second-order valence-electron chi connectivity index (χ2n) is 6.33. The number of pyridine rings is 1. The highest BCUT2D eigenvalue weighted by molar-refractivity contribution is 9.10. The van der Waals surface area contributed by atoms with Gasteiger partial charge in [0.25, 0.3) is 5.56 Å². The summed E-state index contributed by atoms with van der Waals surface area (Å²) in [5.41, 5.74) is 1.46. The summed E-state index contributed by atoms with van der Waals surface area (Å²) >= 11 is 9.60. The Kier molecular flexibility index (Phi) is 5.76. The fraction of sp³-hybridized carbons (Fsp3) is 0.353. The Bertz CT molecular complexity index is 915. The molecule has 9 heteroatoms. The van der Waals surface area contributed by atoms with Crippen LogP contribution >= 0.6 is 27.5 Å². The molecular formula is C17H19BrClN3O3S. The molecule has 3 rings (SSSR count). The monoisotopic (exact) mass is 459 g/mol. The Morgan fingerprint density at radius 1 is 1.31 bits per heavy atom. The van der Waals surface area contributed by atoms with E-state index in [4.69, 9.17) is 11.6 Å². The summed E-state index contributed by atoms with van der Waals surface area (Å²) in [6.07, 6.45) is 3.70. The maximum atomic E-state index is 12.7. The number of nitrogens with one attached hydrogen (secondary N) is 2. The van der Waals surface area contributed by atoms with Crippen LogP contribution in [-0.2, 0) is 18.0 Å². The molecule has 1 aliphatic rings. The summed E-state index contributed by atoms with van der Waals surface area (Å²) in [5, 5.41) is 12.8. The standard InChI is InChI=1S/C17H19BrClN3O3S/c1-22-10-15(21-26(25)17(4-5-17)6-7-23)14(9-16(22)24)20-13-3-2-11(18)8-12(13)19/h2-3,8-10,20-21,23H,4-7H2,1H3. The first-order chi connectivity index (χ1) is 12.3. The van der Waals surface area contributed by atoms with Crippen LogP contribution in [0.2, 0.25) is 5.02 Å². The van der Waals surface area contributed by atoms with Crippen molar-refractivity contribution in [1.29, 1.82) is 0 Å². The fourth-order valence-corrected chi connectivity index (χ4v) is 4.68. The zero-order chi connectivity index (χ0) is 18.9. The molecule has 1 unspecified atom stereocenters. The molecule has 140 valence electrons. The lowest BCUT2D eigenvalue weighted by molar-refractivity contribution is 0.284. The lowest BCUT2D eigenvalue weighted by Crippen LogP contribution is -2.26. The van der Waals surface area contributed by atoms with Gasteiger partial charge in [-0.1, -0.05) is 27.5 Å². The number of rotatable bonds is 7. The summed E-state index contributed by atoms with van der Waals surface area (Å²) < 4.78 is 17.6. The van der Waals surface area contributed by atoms with E-state index in [1.54, 1.807) is 25.4 Å².